The van der Waals surface area contributed by atoms with Crippen LogP contribution in [0.25, 0.3) is 0 Å². The fourth-order valence-corrected chi connectivity index (χ4v) is 3.07. The first-order chi connectivity index (χ1) is 10.8. The molecule has 0 saturated carbocycles. The third-order valence-corrected chi connectivity index (χ3v) is 4.26. The second-order valence-corrected chi connectivity index (χ2v) is 5.86. The lowest BCUT2D eigenvalue weighted by molar-refractivity contribution is -0.116. The fourth-order valence-electron chi connectivity index (χ4n) is 2.47. The van der Waals surface area contributed by atoms with Gasteiger partial charge in [-0.15, -0.1) is 11.3 Å². The number of rotatable bonds is 5. The summed E-state index contributed by atoms with van der Waals surface area (Å²) < 4.78 is 5.39. The highest BCUT2D eigenvalue weighted by Gasteiger charge is 2.15. The Kier molecular flexibility index (Phi) is 5.03. The first kappa shape index (κ1) is 15.0. The van der Waals surface area contributed by atoms with Crippen LogP contribution in [-0.4, -0.2) is 37.2 Å². The molecule has 2 aromatic rings. The Balaban J connectivity index is 1.62. The zero-order chi connectivity index (χ0) is 15.2. The zero-order valence-corrected chi connectivity index (χ0v) is 13.1. The predicted octanol–water partition coefficient (Wildman–Crippen LogP) is 2.55. The van der Waals surface area contributed by atoms with Crippen molar-refractivity contribution in [2.75, 3.05) is 36.5 Å². The van der Waals surface area contributed by atoms with E-state index in [2.05, 4.69) is 15.2 Å². The van der Waals surface area contributed by atoms with Gasteiger partial charge in [-0.2, -0.15) is 0 Å². The minimum absolute atomic E-state index is 0.0220. The molecule has 6 heteroatoms. The minimum Gasteiger partial charge on any atom is -0.378 e. The SMILES string of the molecule is O=C(CCc1cscn1)Nc1ccccc1N1CCOCC1. The number of morpholine rings is 1. The van der Waals surface area contributed by atoms with Gasteiger partial charge >= 0.3 is 0 Å². The minimum atomic E-state index is 0.0220. The summed E-state index contributed by atoms with van der Waals surface area (Å²) in [5.74, 6) is 0.0220. The lowest BCUT2D eigenvalue weighted by Gasteiger charge is -2.30. The van der Waals surface area contributed by atoms with Crippen molar-refractivity contribution < 1.29 is 9.53 Å². The van der Waals surface area contributed by atoms with Crippen molar-refractivity contribution in [3.63, 3.8) is 0 Å². The number of aryl methyl sites for hydroxylation is 1. The molecular formula is C16H19N3O2S. The van der Waals surface area contributed by atoms with Crippen LogP contribution in [0.5, 0.6) is 0 Å². The second kappa shape index (κ2) is 7.38. The van der Waals surface area contributed by atoms with Crippen LogP contribution < -0.4 is 10.2 Å². The molecule has 1 aliphatic heterocycles. The molecule has 5 nitrogen and oxygen atoms in total. The van der Waals surface area contributed by atoms with Gasteiger partial charge in [0.15, 0.2) is 0 Å². The van der Waals surface area contributed by atoms with Crippen molar-refractivity contribution >= 4 is 28.6 Å². The lowest BCUT2D eigenvalue weighted by atomic mass is 10.2. The highest BCUT2D eigenvalue weighted by atomic mass is 32.1. The topological polar surface area (TPSA) is 54.5 Å². The molecule has 0 aliphatic carbocycles. The second-order valence-electron chi connectivity index (χ2n) is 5.14. The standard InChI is InChI=1S/C16H19N3O2S/c20-16(6-5-13-11-22-12-17-13)18-14-3-1-2-4-15(14)19-7-9-21-10-8-19/h1-4,11-12H,5-10H2,(H,18,20). The van der Waals surface area contributed by atoms with Gasteiger partial charge in [-0.05, 0) is 18.6 Å². The molecule has 3 rings (SSSR count). The van der Waals surface area contributed by atoms with Crippen molar-refractivity contribution in [2.45, 2.75) is 12.8 Å². The summed E-state index contributed by atoms with van der Waals surface area (Å²) in [7, 11) is 0. The van der Waals surface area contributed by atoms with Crippen LogP contribution in [0.15, 0.2) is 35.2 Å². The largest absolute Gasteiger partial charge is 0.378 e. The zero-order valence-electron chi connectivity index (χ0n) is 12.3. The average molecular weight is 317 g/mol. The van der Waals surface area contributed by atoms with Gasteiger partial charge in [-0.3, -0.25) is 4.79 Å². The monoisotopic (exact) mass is 317 g/mol. The maximum Gasteiger partial charge on any atom is 0.224 e. The summed E-state index contributed by atoms with van der Waals surface area (Å²) in [6, 6.07) is 7.93. The molecule has 0 bridgehead atoms. The number of nitrogens with one attached hydrogen (secondary N) is 1. The number of aromatic nitrogens is 1. The summed E-state index contributed by atoms with van der Waals surface area (Å²) >= 11 is 1.56. The third kappa shape index (κ3) is 3.84. The number of amides is 1. The van der Waals surface area contributed by atoms with Crippen molar-refractivity contribution in [2.24, 2.45) is 0 Å². The van der Waals surface area contributed by atoms with Crippen molar-refractivity contribution in [3.8, 4) is 0 Å². The highest BCUT2D eigenvalue weighted by molar-refractivity contribution is 7.07. The van der Waals surface area contributed by atoms with Crippen LogP contribution in [0.4, 0.5) is 11.4 Å². The Morgan fingerprint density at radius 2 is 2.14 bits per heavy atom. The van der Waals surface area contributed by atoms with E-state index < -0.39 is 0 Å². The molecule has 22 heavy (non-hydrogen) atoms. The predicted molar refractivity (Wildman–Crippen MR) is 88.5 cm³/mol. The molecule has 1 aromatic heterocycles. The Morgan fingerprint density at radius 1 is 1.32 bits per heavy atom. The number of hydrogen-bond acceptors (Lipinski definition) is 5. The van der Waals surface area contributed by atoms with E-state index in [4.69, 9.17) is 4.74 Å². The van der Waals surface area contributed by atoms with Crippen LogP contribution in [0.3, 0.4) is 0 Å². The molecule has 1 N–H and O–H groups in total. The van der Waals surface area contributed by atoms with Crippen LogP contribution in [0, 0.1) is 0 Å². The molecule has 2 heterocycles. The van der Waals surface area contributed by atoms with Gasteiger partial charge in [-0.25, -0.2) is 4.98 Å². The number of benzene rings is 1. The van der Waals surface area contributed by atoms with Gasteiger partial charge < -0.3 is 15.0 Å². The van der Waals surface area contributed by atoms with Crippen LogP contribution in [-0.2, 0) is 16.0 Å². The number of carbonyl (C=O) groups excluding carboxylic acids is 1. The molecule has 116 valence electrons. The summed E-state index contributed by atoms with van der Waals surface area (Å²) in [5.41, 5.74) is 4.70. The molecule has 1 aliphatic rings. The quantitative estimate of drug-likeness (QED) is 0.921. The van der Waals surface area contributed by atoms with E-state index in [0.717, 1.165) is 43.4 Å². The maximum atomic E-state index is 12.2. The van der Waals surface area contributed by atoms with Gasteiger partial charge in [0.25, 0.3) is 0 Å². The number of nitrogens with zero attached hydrogens (tertiary/aromatic N) is 2. The molecule has 0 atom stereocenters. The molecule has 0 unspecified atom stereocenters. The number of hydrogen-bond donors (Lipinski definition) is 1. The Bertz CT molecular complexity index is 610. The van der Waals surface area contributed by atoms with Gasteiger partial charge in [0.2, 0.25) is 5.91 Å². The Labute approximate surface area is 133 Å². The van der Waals surface area contributed by atoms with Crippen LogP contribution in [0.2, 0.25) is 0 Å². The fraction of sp³-hybridized carbons (Fsp3) is 0.375. The maximum absolute atomic E-state index is 12.2. The Hall–Kier alpha value is -1.92. The molecule has 1 saturated heterocycles. The van der Waals surface area contributed by atoms with E-state index in [1.165, 1.54) is 0 Å². The number of thiazole rings is 1. The van der Waals surface area contributed by atoms with E-state index in [0.29, 0.717) is 12.8 Å². The summed E-state index contributed by atoms with van der Waals surface area (Å²) in [5, 5.41) is 5.01. The highest BCUT2D eigenvalue weighted by Crippen LogP contribution is 2.26. The molecule has 1 fully saturated rings. The Morgan fingerprint density at radius 3 is 2.91 bits per heavy atom. The number of para-hydroxylation sites is 2. The molecule has 0 radical (unpaired) electrons. The summed E-state index contributed by atoms with van der Waals surface area (Å²) in [6.45, 7) is 3.16. The summed E-state index contributed by atoms with van der Waals surface area (Å²) in [6.07, 6.45) is 1.12. The van der Waals surface area contributed by atoms with E-state index in [-0.39, 0.29) is 5.91 Å². The molecular weight excluding hydrogens is 298 g/mol. The van der Waals surface area contributed by atoms with Crippen molar-refractivity contribution in [3.05, 3.63) is 40.8 Å². The van der Waals surface area contributed by atoms with Crippen LogP contribution in [0.1, 0.15) is 12.1 Å². The number of anilines is 2. The average Bonchev–Trinajstić information content (AvgIpc) is 3.08. The van der Waals surface area contributed by atoms with Gasteiger partial charge in [-0.1, -0.05) is 12.1 Å². The van der Waals surface area contributed by atoms with E-state index in [9.17, 15) is 4.79 Å². The first-order valence-electron chi connectivity index (χ1n) is 7.41. The number of carbonyl (C=O) groups is 1. The van der Waals surface area contributed by atoms with Gasteiger partial charge in [0.05, 0.1) is 35.8 Å². The number of ether oxygens (including phenoxy) is 1. The van der Waals surface area contributed by atoms with E-state index in [1.54, 1.807) is 16.8 Å². The summed E-state index contributed by atoms with van der Waals surface area (Å²) in [4.78, 5) is 18.6. The van der Waals surface area contributed by atoms with E-state index >= 15 is 0 Å². The molecule has 0 spiro atoms. The van der Waals surface area contributed by atoms with Gasteiger partial charge in [0, 0.05) is 24.9 Å². The smallest absolute Gasteiger partial charge is 0.224 e. The first-order valence-corrected chi connectivity index (χ1v) is 8.36. The van der Waals surface area contributed by atoms with E-state index in [1.807, 2.05) is 29.6 Å². The van der Waals surface area contributed by atoms with Gasteiger partial charge in [0.1, 0.15) is 0 Å². The molecule has 1 amide bonds. The molecule has 1 aromatic carbocycles. The third-order valence-electron chi connectivity index (χ3n) is 3.62. The van der Waals surface area contributed by atoms with Crippen molar-refractivity contribution in [1.29, 1.82) is 0 Å². The normalized spacial score (nSPS) is 14.8. The van der Waals surface area contributed by atoms with Crippen LogP contribution >= 0.6 is 11.3 Å². The van der Waals surface area contributed by atoms with Crippen molar-refractivity contribution in [1.82, 2.24) is 4.98 Å². The lowest BCUT2D eigenvalue weighted by Crippen LogP contribution is -2.36.